The number of carbonyl (C=O) groups excluding carboxylic acids is 1. The zero-order chi connectivity index (χ0) is 16.4. The van der Waals surface area contributed by atoms with Crippen LogP contribution in [-0.2, 0) is 9.53 Å². The van der Waals surface area contributed by atoms with E-state index in [-0.39, 0.29) is 23.4 Å². The van der Waals surface area contributed by atoms with Crippen LogP contribution in [0.3, 0.4) is 0 Å². The second kappa shape index (κ2) is 6.43. The first kappa shape index (κ1) is 15.6. The Morgan fingerprint density at radius 1 is 1.48 bits per heavy atom. The summed E-state index contributed by atoms with van der Waals surface area (Å²) in [7, 11) is 0. The summed E-state index contributed by atoms with van der Waals surface area (Å²) < 4.78 is 5.53. The van der Waals surface area contributed by atoms with Crippen LogP contribution in [0, 0.1) is 10.1 Å². The molecule has 2 heterocycles. The van der Waals surface area contributed by atoms with Gasteiger partial charge in [0.15, 0.2) is 5.11 Å². The highest BCUT2D eigenvalue weighted by molar-refractivity contribution is 7.80. The van der Waals surface area contributed by atoms with E-state index in [9.17, 15) is 14.9 Å². The van der Waals surface area contributed by atoms with Crippen LogP contribution < -0.4 is 5.32 Å². The van der Waals surface area contributed by atoms with Crippen LogP contribution in [0.15, 0.2) is 30.0 Å². The Labute approximate surface area is 138 Å². The maximum absolute atomic E-state index is 12.5. The molecule has 1 aromatic rings. The molecule has 2 saturated heterocycles. The largest absolute Gasteiger partial charge is 0.376 e. The molecule has 1 N–H and O–H groups in total. The predicted molar refractivity (Wildman–Crippen MR) is 87.5 cm³/mol. The van der Waals surface area contributed by atoms with Gasteiger partial charge in [0, 0.05) is 12.7 Å². The minimum absolute atomic E-state index is 0.0101. The van der Waals surface area contributed by atoms with Gasteiger partial charge in [0.25, 0.3) is 11.6 Å². The van der Waals surface area contributed by atoms with Crippen LogP contribution in [0.25, 0.3) is 6.08 Å². The monoisotopic (exact) mass is 333 g/mol. The van der Waals surface area contributed by atoms with Crippen LogP contribution in [-0.4, -0.2) is 40.1 Å². The van der Waals surface area contributed by atoms with Crippen molar-refractivity contribution in [3.05, 3.63) is 45.6 Å². The third-order valence-electron chi connectivity index (χ3n) is 3.81. The van der Waals surface area contributed by atoms with E-state index < -0.39 is 4.92 Å². The maximum atomic E-state index is 12.5. The summed E-state index contributed by atoms with van der Waals surface area (Å²) in [5, 5.41) is 14.2. The molecule has 7 nitrogen and oxygen atoms in total. The molecule has 0 spiro atoms. The summed E-state index contributed by atoms with van der Waals surface area (Å²) in [4.78, 5) is 24.5. The zero-order valence-corrected chi connectivity index (χ0v) is 13.0. The fourth-order valence-corrected chi connectivity index (χ4v) is 2.93. The molecule has 2 aliphatic heterocycles. The molecule has 120 valence electrons. The Kier molecular flexibility index (Phi) is 4.35. The van der Waals surface area contributed by atoms with Gasteiger partial charge in [-0.15, -0.1) is 0 Å². The molecule has 0 aromatic heterocycles. The van der Waals surface area contributed by atoms with Crippen molar-refractivity contribution in [2.45, 2.75) is 18.9 Å². The van der Waals surface area contributed by atoms with Crippen LogP contribution in [0.1, 0.15) is 18.4 Å². The Balaban J connectivity index is 1.82. The van der Waals surface area contributed by atoms with E-state index in [1.54, 1.807) is 18.2 Å². The molecule has 1 aromatic carbocycles. The number of benzene rings is 1. The van der Waals surface area contributed by atoms with Crippen molar-refractivity contribution in [3.63, 3.8) is 0 Å². The van der Waals surface area contributed by atoms with Gasteiger partial charge >= 0.3 is 0 Å². The molecule has 23 heavy (non-hydrogen) atoms. The number of ether oxygens (including phenoxy) is 1. The molecule has 8 heteroatoms. The summed E-state index contributed by atoms with van der Waals surface area (Å²) in [6.45, 7) is 1.10. The second-order valence-corrected chi connectivity index (χ2v) is 5.74. The number of nitrogens with one attached hydrogen (secondary N) is 1. The lowest BCUT2D eigenvalue weighted by atomic mass is 10.1. The van der Waals surface area contributed by atoms with E-state index in [4.69, 9.17) is 17.0 Å². The van der Waals surface area contributed by atoms with Gasteiger partial charge in [0.2, 0.25) is 0 Å². The lowest BCUT2D eigenvalue weighted by Gasteiger charge is -2.18. The summed E-state index contributed by atoms with van der Waals surface area (Å²) >= 11 is 5.19. The van der Waals surface area contributed by atoms with E-state index in [0.29, 0.717) is 23.8 Å². The van der Waals surface area contributed by atoms with E-state index in [1.165, 1.54) is 17.0 Å². The average Bonchev–Trinajstić information content (AvgIpc) is 3.12. The van der Waals surface area contributed by atoms with Gasteiger partial charge in [-0.1, -0.05) is 12.1 Å². The molecular formula is C15H15N3O4S. The van der Waals surface area contributed by atoms with Gasteiger partial charge in [-0.2, -0.15) is 0 Å². The van der Waals surface area contributed by atoms with Gasteiger partial charge in [-0.25, -0.2) is 0 Å². The molecule has 2 aliphatic rings. The Morgan fingerprint density at radius 3 is 2.96 bits per heavy atom. The van der Waals surface area contributed by atoms with Crippen LogP contribution in [0.5, 0.6) is 0 Å². The average molecular weight is 333 g/mol. The maximum Gasteiger partial charge on any atom is 0.276 e. The normalized spacial score (nSPS) is 22.7. The van der Waals surface area contributed by atoms with Crippen molar-refractivity contribution >= 4 is 35.0 Å². The van der Waals surface area contributed by atoms with Crippen molar-refractivity contribution in [3.8, 4) is 0 Å². The molecule has 2 fully saturated rings. The van der Waals surface area contributed by atoms with E-state index in [1.807, 2.05) is 0 Å². The summed E-state index contributed by atoms with van der Waals surface area (Å²) in [6.07, 6.45) is 3.33. The van der Waals surface area contributed by atoms with Gasteiger partial charge < -0.3 is 10.1 Å². The highest BCUT2D eigenvalue weighted by Crippen LogP contribution is 2.23. The van der Waals surface area contributed by atoms with Crippen LogP contribution >= 0.6 is 12.2 Å². The third-order valence-corrected chi connectivity index (χ3v) is 4.13. The van der Waals surface area contributed by atoms with Crippen molar-refractivity contribution in [2.75, 3.05) is 13.2 Å². The van der Waals surface area contributed by atoms with Crippen molar-refractivity contribution in [1.82, 2.24) is 10.2 Å². The Hall–Kier alpha value is -2.32. The second-order valence-electron chi connectivity index (χ2n) is 5.35. The number of nitrogens with zero attached hydrogens (tertiary/aromatic N) is 2. The fourth-order valence-electron chi connectivity index (χ4n) is 2.66. The number of para-hydroxylation sites is 1. The molecule has 0 bridgehead atoms. The first-order chi connectivity index (χ1) is 11.1. The fraction of sp³-hybridized carbons (Fsp3) is 0.333. The predicted octanol–water partition coefficient (Wildman–Crippen LogP) is 1.83. The Morgan fingerprint density at radius 2 is 2.26 bits per heavy atom. The van der Waals surface area contributed by atoms with E-state index in [0.717, 1.165) is 12.8 Å². The number of carbonyl (C=O) groups is 1. The van der Waals surface area contributed by atoms with Crippen LogP contribution in [0.2, 0.25) is 0 Å². The lowest BCUT2D eigenvalue weighted by molar-refractivity contribution is -0.385. The molecule has 0 aliphatic carbocycles. The van der Waals surface area contributed by atoms with E-state index in [2.05, 4.69) is 5.32 Å². The molecule has 1 amide bonds. The molecule has 1 unspecified atom stereocenters. The standard InChI is InChI=1S/C15H15N3O4S/c19-14-12(8-10-4-1-2-6-13(10)18(20)21)16-15(23)17(14)9-11-5-3-7-22-11/h1-2,4,6,8,11H,3,5,7,9H2,(H,16,23)/b12-8+. The number of hydrogen-bond donors (Lipinski definition) is 1. The highest BCUT2D eigenvalue weighted by Gasteiger charge is 2.33. The molecule has 3 rings (SSSR count). The minimum atomic E-state index is -0.478. The smallest absolute Gasteiger partial charge is 0.276 e. The number of hydrogen-bond acceptors (Lipinski definition) is 5. The highest BCUT2D eigenvalue weighted by atomic mass is 32.1. The number of amides is 1. The zero-order valence-electron chi connectivity index (χ0n) is 12.2. The number of rotatable bonds is 4. The van der Waals surface area contributed by atoms with Crippen molar-refractivity contribution in [2.24, 2.45) is 0 Å². The SMILES string of the molecule is O=C1/C(=C\c2ccccc2[N+](=O)[O-])NC(=S)N1CC1CCCO1. The van der Waals surface area contributed by atoms with Gasteiger partial charge in [0.1, 0.15) is 5.70 Å². The first-order valence-corrected chi connectivity index (χ1v) is 7.66. The summed E-state index contributed by atoms with van der Waals surface area (Å²) in [5.41, 5.74) is 0.538. The van der Waals surface area contributed by atoms with Gasteiger partial charge in [-0.05, 0) is 37.2 Å². The third kappa shape index (κ3) is 3.22. The summed E-state index contributed by atoms with van der Waals surface area (Å²) in [5.74, 6) is -0.288. The number of nitro groups is 1. The first-order valence-electron chi connectivity index (χ1n) is 7.26. The number of thiocarbonyl (C=S) groups is 1. The molecule has 0 radical (unpaired) electrons. The van der Waals surface area contributed by atoms with Crippen molar-refractivity contribution in [1.29, 1.82) is 0 Å². The minimum Gasteiger partial charge on any atom is -0.376 e. The van der Waals surface area contributed by atoms with Gasteiger partial charge in [-0.3, -0.25) is 19.8 Å². The number of nitro benzene ring substituents is 1. The Bertz CT molecular complexity index is 698. The topological polar surface area (TPSA) is 84.7 Å². The quantitative estimate of drug-likeness (QED) is 0.392. The molecular weight excluding hydrogens is 318 g/mol. The summed E-state index contributed by atoms with van der Waals surface area (Å²) in [6, 6.07) is 6.25. The van der Waals surface area contributed by atoms with E-state index >= 15 is 0 Å². The molecule has 1 atom stereocenters. The van der Waals surface area contributed by atoms with Crippen molar-refractivity contribution < 1.29 is 14.5 Å². The lowest BCUT2D eigenvalue weighted by Crippen LogP contribution is -2.37. The van der Waals surface area contributed by atoms with Crippen LogP contribution in [0.4, 0.5) is 5.69 Å². The molecule has 0 saturated carbocycles. The van der Waals surface area contributed by atoms with Gasteiger partial charge in [0.05, 0.1) is 23.1 Å².